The van der Waals surface area contributed by atoms with E-state index in [1.807, 2.05) is 20.8 Å². The molecule has 7 heteroatoms. The Morgan fingerprint density at radius 1 is 1.21 bits per heavy atom. The van der Waals surface area contributed by atoms with Gasteiger partial charge in [0.15, 0.2) is 0 Å². The van der Waals surface area contributed by atoms with Gasteiger partial charge in [-0.1, -0.05) is 0 Å². The van der Waals surface area contributed by atoms with Gasteiger partial charge in [-0.05, 0) is 45.7 Å². The normalized spacial score (nSPS) is 18.8. The van der Waals surface area contributed by atoms with Gasteiger partial charge in [0.2, 0.25) is 0 Å². The van der Waals surface area contributed by atoms with Crippen LogP contribution in [0.2, 0.25) is 0 Å². The van der Waals surface area contributed by atoms with Crippen LogP contribution in [0.5, 0.6) is 0 Å². The third kappa shape index (κ3) is 2.98. The third-order valence-electron chi connectivity index (χ3n) is 4.16. The van der Waals surface area contributed by atoms with Crippen LogP contribution in [0.3, 0.4) is 0 Å². The molecule has 24 heavy (non-hydrogen) atoms. The van der Waals surface area contributed by atoms with Gasteiger partial charge in [-0.25, -0.2) is 4.79 Å². The maximum Gasteiger partial charge on any atom is 0.410 e. The van der Waals surface area contributed by atoms with Crippen LogP contribution in [-0.2, 0) is 4.74 Å². The molecule has 0 spiro atoms. The highest BCUT2D eigenvalue weighted by Crippen LogP contribution is 2.27. The van der Waals surface area contributed by atoms with Crippen LogP contribution in [0, 0.1) is 0 Å². The molecule has 3 heterocycles. The number of hydrogen-bond acceptors (Lipinski definition) is 5. The molecule has 3 amide bonds. The minimum Gasteiger partial charge on any atom is -0.444 e. The Kier molecular flexibility index (Phi) is 4.03. The molecule has 0 radical (unpaired) electrons. The summed E-state index contributed by atoms with van der Waals surface area (Å²) in [5.74, 6) is -0.634. The lowest BCUT2D eigenvalue weighted by molar-refractivity contribution is 0.0156. The zero-order chi connectivity index (χ0) is 17.5. The van der Waals surface area contributed by atoms with Crippen molar-refractivity contribution in [1.29, 1.82) is 0 Å². The average molecular weight is 331 g/mol. The second-order valence-electron chi connectivity index (χ2n) is 7.08. The molecule has 2 aliphatic rings. The fourth-order valence-corrected chi connectivity index (χ4v) is 3.05. The highest BCUT2D eigenvalue weighted by atomic mass is 16.6. The van der Waals surface area contributed by atoms with Crippen molar-refractivity contribution in [3.05, 3.63) is 29.6 Å². The maximum absolute atomic E-state index is 12.5. The van der Waals surface area contributed by atoms with Crippen molar-refractivity contribution in [3.63, 3.8) is 0 Å². The van der Waals surface area contributed by atoms with Crippen LogP contribution >= 0.6 is 0 Å². The number of fused-ring (bicyclic) bond motifs is 1. The predicted octanol–water partition coefficient (Wildman–Crippen LogP) is 2.08. The number of carbonyl (C=O) groups is 3. The van der Waals surface area contributed by atoms with E-state index in [2.05, 4.69) is 4.98 Å². The second-order valence-corrected chi connectivity index (χ2v) is 7.08. The standard InChI is InChI=1S/C17H21N3O4/c1-17(2,3)24-16(23)19-9-6-11(7-10-19)20-14(21)12-5-4-8-18-13(12)15(20)22/h4-5,8,11H,6-7,9-10H2,1-3H3. The summed E-state index contributed by atoms with van der Waals surface area (Å²) < 4.78 is 5.36. The number of hydrogen-bond donors (Lipinski definition) is 0. The Hall–Kier alpha value is -2.44. The summed E-state index contributed by atoms with van der Waals surface area (Å²) in [6, 6.07) is 3.06. The zero-order valence-corrected chi connectivity index (χ0v) is 14.1. The van der Waals surface area contributed by atoms with Crippen LogP contribution in [0.15, 0.2) is 18.3 Å². The van der Waals surface area contributed by atoms with Crippen molar-refractivity contribution in [2.24, 2.45) is 0 Å². The summed E-state index contributed by atoms with van der Waals surface area (Å²) in [5.41, 5.74) is 0.0384. The van der Waals surface area contributed by atoms with Gasteiger partial charge >= 0.3 is 6.09 Å². The van der Waals surface area contributed by atoms with Crippen molar-refractivity contribution in [2.75, 3.05) is 13.1 Å². The van der Waals surface area contributed by atoms with Gasteiger partial charge in [0.05, 0.1) is 5.56 Å². The van der Waals surface area contributed by atoms with E-state index in [0.29, 0.717) is 31.5 Å². The molecule has 0 bridgehead atoms. The minimum atomic E-state index is -0.540. The van der Waals surface area contributed by atoms with Crippen molar-refractivity contribution in [3.8, 4) is 0 Å². The Labute approximate surface area is 140 Å². The first-order chi connectivity index (χ1) is 11.3. The van der Waals surface area contributed by atoms with Gasteiger partial charge in [0.1, 0.15) is 11.3 Å². The molecule has 1 aromatic rings. The molecule has 128 valence electrons. The molecule has 0 saturated carbocycles. The SMILES string of the molecule is CC(C)(C)OC(=O)N1CCC(N2C(=O)c3cccnc3C2=O)CC1. The fraction of sp³-hybridized carbons (Fsp3) is 0.529. The molecule has 2 aliphatic heterocycles. The number of imide groups is 1. The van der Waals surface area contributed by atoms with E-state index in [1.165, 1.54) is 11.1 Å². The molecule has 1 fully saturated rings. The topological polar surface area (TPSA) is 79.8 Å². The van der Waals surface area contributed by atoms with Crippen LogP contribution in [-0.4, -0.2) is 57.4 Å². The molecular formula is C17H21N3O4. The highest BCUT2D eigenvalue weighted by molar-refractivity contribution is 6.20. The van der Waals surface area contributed by atoms with Crippen LogP contribution in [0.1, 0.15) is 54.5 Å². The number of likely N-dealkylation sites (tertiary alicyclic amines) is 1. The van der Waals surface area contributed by atoms with Gasteiger partial charge < -0.3 is 9.64 Å². The van der Waals surface area contributed by atoms with Crippen molar-refractivity contribution >= 4 is 17.9 Å². The predicted molar refractivity (Wildman–Crippen MR) is 85.6 cm³/mol. The van der Waals surface area contributed by atoms with E-state index in [0.717, 1.165) is 0 Å². The summed E-state index contributed by atoms with van der Waals surface area (Å²) in [7, 11) is 0. The first kappa shape index (κ1) is 16.4. The molecule has 0 N–H and O–H groups in total. The lowest BCUT2D eigenvalue weighted by Crippen LogP contribution is -2.49. The van der Waals surface area contributed by atoms with Crippen molar-refractivity contribution in [1.82, 2.24) is 14.8 Å². The molecule has 7 nitrogen and oxygen atoms in total. The van der Waals surface area contributed by atoms with Crippen LogP contribution < -0.4 is 0 Å². The zero-order valence-electron chi connectivity index (χ0n) is 14.1. The first-order valence-electron chi connectivity index (χ1n) is 8.09. The minimum absolute atomic E-state index is 0.210. The summed E-state index contributed by atoms with van der Waals surface area (Å²) in [5, 5.41) is 0. The van der Waals surface area contributed by atoms with Gasteiger partial charge in [-0.2, -0.15) is 0 Å². The Morgan fingerprint density at radius 2 is 1.88 bits per heavy atom. The van der Waals surface area contributed by atoms with E-state index in [9.17, 15) is 14.4 Å². The second kappa shape index (κ2) is 5.89. The first-order valence-corrected chi connectivity index (χ1v) is 8.09. The number of amides is 3. The Balaban J connectivity index is 1.65. The maximum atomic E-state index is 12.5. The van der Waals surface area contributed by atoms with E-state index in [1.54, 1.807) is 17.0 Å². The van der Waals surface area contributed by atoms with Gasteiger partial charge in [-0.15, -0.1) is 0 Å². The molecule has 3 rings (SSSR count). The summed E-state index contributed by atoms with van der Waals surface area (Å²) >= 11 is 0. The molecular weight excluding hydrogens is 310 g/mol. The summed E-state index contributed by atoms with van der Waals surface area (Å²) in [6.07, 6.45) is 2.25. The van der Waals surface area contributed by atoms with Crippen molar-refractivity contribution < 1.29 is 19.1 Å². The third-order valence-corrected chi connectivity index (χ3v) is 4.16. The Morgan fingerprint density at radius 3 is 2.46 bits per heavy atom. The molecule has 0 atom stereocenters. The lowest BCUT2D eigenvalue weighted by atomic mass is 10.0. The molecule has 0 unspecified atom stereocenters. The number of carbonyl (C=O) groups excluding carboxylic acids is 3. The van der Waals surface area contributed by atoms with E-state index in [4.69, 9.17) is 4.74 Å². The molecule has 1 aromatic heterocycles. The number of pyridine rings is 1. The Bertz CT molecular complexity index is 652. The van der Waals surface area contributed by atoms with Gasteiger partial charge in [0.25, 0.3) is 11.8 Å². The molecule has 0 aliphatic carbocycles. The number of rotatable bonds is 1. The number of aromatic nitrogens is 1. The fourth-order valence-electron chi connectivity index (χ4n) is 3.05. The smallest absolute Gasteiger partial charge is 0.410 e. The van der Waals surface area contributed by atoms with E-state index >= 15 is 0 Å². The number of piperidine rings is 1. The molecule has 0 aromatic carbocycles. The number of nitrogens with zero attached hydrogens (tertiary/aromatic N) is 3. The monoisotopic (exact) mass is 331 g/mol. The summed E-state index contributed by atoms with van der Waals surface area (Å²) in [6.45, 7) is 6.39. The highest BCUT2D eigenvalue weighted by Gasteiger charge is 2.42. The van der Waals surface area contributed by atoms with Crippen LogP contribution in [0.4, 0.5) is 4.79 Å². The number of ether oxygens (including phenoxy) is 1. The lowest BCUT2D eigenvalue weighted by Gasteiger charge is -2.36. The van der Waals surface area contributed by atoms with Gasteiger partial charge in [0, 0.05) is 25.3 Å². The van der Waals surface area contributed by atoms with Crippen LogP contribution in [0.25, 0.3) is 0 Å². The van der Waals surface area contributed by atoms with E-state index in [-0.39, 0.29) is 29.6 Å². The summed E-state index contributed by atoms with van der Waals surface area (Å²) in [4.78, 5) is 44.0. The van der Waals surface area contributed by atoms with Crippen molar-refractivity contribution in [2.45, 2.75) is 45.3 Å². The average Bonchev–Trinajstić information content (AvgIpc) is 2.78. The molecule has 1 saturated heterocycles. The van der Waals surface area contributed by atoms with Gasteiger partial charge in [-0.3, -0.25) is 19.5 Å². The van der Waals surface area contributed by atoms with E-state index < -0.39 is 5.60 Å². The largest absolute Gasteiger partial charge is 0.444 e. The quantitative estimate of drug-likeness (QED) is 0.736.